The van der Waals surface area contributed by atoms with Gasteiger partial charge in [0.15, 0.2) is 0 Å². The number of thiophene rings is 1. The first-order valence-corrected chi connectivity index (χ1v) is 4.06. The fourth-order valence-electron chi connectivity index (χ4n) is 0.851. The van der Waals surface area contributed by atoms with E-state index in [0.29, 0.717) is 0 Å². The van der Waals surface area contributed by atoms with Gasteiger partial charge in [0.25, 0.3) is 0 Å². The van der Waals surface area contributed by atoms with Crippen molar-refractivity contribution in [3.05, 3.63) is 21.9 Å². The van der Waals surface area contributed by atoms with Crippen LogP contribution in [0.4, 0.5) is 0 Å². The number of rotatable bonds is 3. The van der Waals surface area contributed by atoms with Crippen molar-refractivity contribution in [1.29, 1.82) is 0 Å². The molecule has 0 radical (unpaired) electrons. The second-order valence-electron chi connectivity index (χ2n) is 2.17. The van der Waals surface area contributed by atoms with Crippen LogP contribution in [-0.2, 0) is 17.8 Å². The molecule has 3 N–H and O–H groups in total. The van der Waals surface area contributed by atoms with E-state index in [0.717, 1.165) is 10.4 Å². The summed E-state index contributed by atoms with van der Waals surface area (Å²) in [5.74, 6) is -0.363. The third-order valence-electron chi connectivity index (χ3n) is 1.35. The van der Waals surface area contributed by atoms with Crippen molar-refractivity contribution >= 4 is 17.2 Å². The number of aliphatic hydroxyl groups is 1. The lowest BCUT2D eigenvalue weighted by atomic mass is 10.2. The van der Waals surface area contributed by atoms with Crippen LogP contribution in [0, 0.1) is 0 Å². The van der Waals surface area contributed by atoms with Crippen LogP contribution >= 0.6 is 11.3 Å². The Morgan fingerprint density at radius 3 is 3.00 bits per heavy atom. The highest BCUT2D eigenvalue weighted by Crippen LogP contribution is 2.16. The van der Waals surface area contributed by atoms with Gasteiger partial charge in [0.05, 0.1) is 13.0 Å². The van der Waals surface area contributed by atoms with Gasteiger partial charge in [-0.3, -0.25) is 4.79 Å². The molecule has 0 aromatic carbocycles. The van der Waals surface area contributed by atoms with E-state index in [4.69, 9.17) is 10.8 Å². The number of nitrogens with two attached hydrogens (primary N) is 1. The van der Waals surface area contributed by atoms with Crippen LogP contribution in [0.15, 0.2) is 11.4 Å². The lowest BCUT2D eigenvalue weighted by Crippen LogP contribution is -2.13. The molecule has 0 spiro atoms. The Morgan fingerprint density at radius 1 is 1.73 bits per heavy atom. The Balaban J connectivity index is 2.76. The fourth-order valence-corrected chi connectivity index (χ4v) is 1.61. The van der Waals surface area contributed by atoms with Crippen LogP contribution in [0.25, 0.3) is 0 Å². The molecule has 0 saturated heterocycles. The van der Waals surface area contributed by atoms with E-state index in [-0.39, 0.29) is 18.9 Å². The maximum Gasteiger partial charge on any atom is 0.221 e. The van der Waals surface area contributed by atoms with E-state index < -0.39 is 0 Å². The molecule has 1 rings (SSSR count). The molecule has 0 fully saturated rings. The average molecular weight is 171 g/mol. The normalized spacial score (nSPS) is 9.91. The van der Waals surface area contributed by atoms with Crippen molar-refractivity contribution in [2.24, 2.45) is 5.73 Å². The monoisotopic (exact) mass is 171 g/mol. The lowest BCUT2D eigenvalue weighted by Gasteiger charge is -1.95. The Kier molecular flexibility index (Phi) is 2.62. The molecule has 11 heavy (non-hydrogen) atoms. The standard InChI is InChI=1S/C7H9NO2S/c8-7(10)3-5-1-2-11-6(5)4-9/h1-2,9H,3-4H2,(H2,8,10). The van der Waals surface area contributed by atoms with E-state index in [1.807, 2.05) is 5.38 Å². The van der Waals surface area contributed by atoms with Gasteiger partial charge in [-0.2, -0.15) is 0 Å². The van der Waals surface area contributed by atoms with Gasteiger partial charge in [-0.1, -0.05) is 0 Å². The zero-order valence-corrected chi connectivity index (χ0v) is 6.73. The Labute approximate surface area is 68.5 Å². The molecule has 0 aliphatic carbocycles. The van der Waals surface area contributed by atoms with E-state index >= 15 is 0 Å². The minimum atomic E-state index is -0.363. The van der Waals surface area contributed by atoms with Gasteiger partial charge >= 0.3 is 0 Å². The summed E-state index contributed by atoms with van der Waals surface area (Å²) in [4.78, 5) is 11.3. The van der Waals surface area contributed by atoms with E-state index in [1.54, 1.807) is 6.07 Å². The molecule has 0 bridgehead atoms. The number of amides is 1. The molecule has 1 heterocycles. The van der Waals surface area contributed by atoms with E-state index in [2.05, 4.69) is 0 Å². The second kappa shape index (κ2) is 3.50. The maximum absolute atomic E-state index is 10.5. The third kappa shape index (κ3) is 2.03. The summed E-state index contributed by atoms with van der Waals surface area (Å²) in [6.45, 7) is -0.0136. The Bertz CT molecular complexity index is 257. The van der Waals surface area contributed by atoms with Gasteiger partial charge in [-0.05, 0) is 17.0 Å². The third-order valence-corrected chi connectivity index (χ3v) is 2.29. The van der Waals surface area contributed by atoms with Gasteiger partial charge in [-0.15, -0.1) is 11.3 Å². The summed E-state index contributed by atoms with van der Waals surface area (Å²) < 4.78 is 0. The van der Waals surface area contributed by atoms with Crippen molar-refractivity contribution < 1.29 is 9.90 Å². The smallest absolute Gasteiger partial charge is 0.221 e. The number of aliphatic hydroxyl groups excluding tert-OH is 1. The lowest BCUT2D eigenvalue weighted by molar-refractivity contribution is -0.117. The first kappa shape index (κ1) is 8.23. The average Bonchev–Trinajstić information content (AvgIpc) is 2.34. The van der Waals surface area contributed by atoms with Crippen molar-refractivity contribution in [2.45, 2.75) is 13.0 Å². The predicted molar refractivity (Wildman–Crippen MR) is 43.1 cm³/mol. The van der Waals surface area contributed by atoms with Crippen molar-refractivity contribution in [2.75, 3.05) is 0 Å². The minimum Gasteiger partial charge on any atom is -0.391 e. The zero-order chi connectivity index (χ0) is 8.27. The SMILES string of the molecule is NC(=O)Cc1ccsc1CO. The van der Waals surface area contributed by atoms with Gasteiger partial charge < -0.3 is 10.8 Å². The number of hydrogen-bond donors (Lipinski definition) is 2. The van der Waals surface area contributed by atoms with Gasteiger partial charge in [0, 0.05) is 4.88 Å². The molecule has 3 nitrogen and oxygen atoms in total. The quantitative estimate of drug-likeness (QED) is 0.685. The van der Waals surface area contributed by atoms with Crippen LogP contribution < -0.4 is 5.73 Å². The van der Waals surface area contributed by atoms with Crippen LogP contribution in [0.5, 0.6) is 0 Å². The minimum absolute atomic E-state index is 0.0136. The molecule has 0 aliphatic rings. The summed E-state index contributed by atoms with van der Waals surface area (Å²) in [5, 5.41) is 10.6. The number of carbonyl (C=O) groups is 1. The van der Waals surface area contributed by atoms with Crippen molar-refractivity contribution in [1.82, 2.24) is 0 Å². The molecule has 60 valence electrons. The predicted octanol–water partition coefficient (Wildman–Crippen LogP) is 0.268. The number of carbonyl (C=O) groups excluding carboxylic acids is 1. The molecular formula is C7H9NO2S. The molecule has 0 atom stereocenters. The highest BCUT2D eigenvalue weighted by molar-refractivity contribution is 7.10. The number of primary amides is 1. The van der Waals surface area contributed by atoms with Gasteiger partial charge in [0.1, 0.15) is 0 Å². The first-order valence-electron chi connectivity index (χ1n) is 3.18. The summed E-state index contributed by atoms with van der Waals surface area (Å²) in [6.07, 6.45) is 0.222. The van der Waals surface area contributed by atoms with Crippen LogP contribution in [-0.4, -0.2) is 11.0 Å². The van der Waals surface area contributed by atoms with E-state index in [9.17, 15) is 4.79 Å². The number of hydrogen-bond acceptors (Lipinski definition) is 3. The van der Waals surface area contributed by atoms with E-state index in [1.165, 1.54) is 11.3 Å². The first-order chi connectivity index (χ1) is 5.24. The van der Waals surface area contributed by atoms with Crippen molar-refractivity contribution in [3.8, 4) is 0 Å². The summed E-state index contributed by atoms with van der Waals surface area (Å²) in [5.41, 5.74) is 5.83. The fraction of sp³-hybridized carbons (Fsp3) is 0.286. The molecule has 1 amide bonds. The molecule has 0 saturated carbocycles. The summed E-state index contributed by atoms with van der Waals surface area (Å²) >= 11 is 1.43. The summed E-state index contributed by atoms with van der Waals surface area (Å²) in [7, 11) is 0. The van der Waals surface area contributed by atoms with Gasteiger partial charge in [-0.25, -0.2) is 0 Å². The van der Waals surface area contributed by atoms with Crippen molar-refractivity contribution in [3.63, 3.8) is 0 Å². The summed E-state index contributed by atoms with van der Waals surface area (Å²) in [6, 6.07) is 1.81. The van der Waals surface area contributed by atoms with Crippen LogP contribution in [0.2, 0.25) is 0 Å². The topological polar surface area (TPSA) is 63.3 Å². The highest BCUT2D eigenvalue weighted by Gasteiger charge is 2.04. The Morgan fingerprint density at radius 2 is 2.45 bits per heavy atom. The molecule has 1 aromatic heterocycles. The van der Waals surface area contributed by atoms with Crippen LogP contribution in [0.1, 0.15) is 10.4 Å². The molecule has 0 aliphatic heterocycles. The van der Waals surface area contributed by atoms with Crippen LogP contribution in [0.3, 0.4) is 0 Å². The second-order valence-corrected chi connectivity index (χ2v) is 3.17. The van der Waals surface area contributed by atoms with Gasteiger partial charge in [0.2, 0.25) is 5.91 Å². The highest BCUT2D eigenvalue weighted by atomic mass is 32.1. The largest absolute Gasteiger partial charge is 0.391 e. The molecule has 4 heteroatoms. The molecule has 0 unspecified atom stereocenters. The Hall–Kier alpha value is -0.870. The maximum atomic E-state index is 10.5. The molecular weight excluding hydrogens is 162 g/mol. The molecule has 1 aromatic rings. The zero-order valence-electron chi connectivity index (χ0n) is 5.91.